The van der Waals surface area contributed by atoms with Gasteiger partial charge in [0.1, 0.15) is 0 Å². The van der Waals surface area contributed by atoms with Crippen molar-refractivity contribution in [3.05, 3.63) is 57.6 Å². The van der Waals surface area contributed by atoms with E-state index >= 15 is 0 Å². The summed E-state index contributed by atoms with van der Waals surface area (Å²) in [6.45, 7) is 3.44. The van der Waals surface area contributed by atoms with Gasteiger partial charge in [0.15, 0.2) is 5.96 Å². The first-order chi connectivity index (χ1) is 13.1. The predicted molar refractivity (Wildman–Crippen MR) is 126 cm³/mol. The lowest BCUT2D eigenvalue weighted by Crippen LogP contribution is -2.39. The van der Waals surface area contributed by atoms with Gasteiger partial charge in [-0.3, -0.25) is 4.99 Å². The number of aliphatic imine (C=N–C) groups is 1. The second kappa shape index (κ2) is 11.4. The van der Waals surface area contributed by atoms with Crippen LogP contribution in [0.3, 0.4) is 0 Å². The number of benzene rings is 1. The Morgan fingerprint density at radius 2 is 2.14 bits per heavy atom. The molecule has 0 aliphatic heterocycles. The minimum absolute atomic E-state index is 0. The van der Waals surface area contributed by atoms with Gasteiger partial charge in [-0.1, -0.05) is 41.9 Å². The summed E-state index contributed by atoms with van der Waals surface area (Å²) >= 11 is 7.80. The zero-order valence-electron chi connectivity index (χ0n) is 15.7. The van der Waals surface area contributed by atoms with Crippen LogP contribution in [0.2, 0.25) is 5.02 Å². The van der Waals surface area contributed by atoms with Crippen molar-refractivity contribution in [1.82, 2.24) is 20.8 Å². The van der Waals surface area contributed by atoms with Gasteiger partial charge in [0.2, 0.25) is 11.7 Å². The summed E-state index contributed by atoms with van der Waals surface area (Å²) in [5.41, 5.74) is 0.822. The zero-order chi connectivity index (χ0) is 19.1. The van der Waals surface area contributed by atoms with Gasteiger partial charge in [-0.15, -0.1) is 35.3 Å². The van der Waals surface area contributed by atoms with Crippen LogP contribution in [0.5, 0.6) is 0 Å². The van der Waals surface area contributed by atoms with Crippen LogP contribution in [-0.2, 0) is 13.0 Å². The topological polar surface area (TPSA) is 75.3 Å². The lowest BCUT2D eigenvalue weighted by molar-refractivity contribution is 0.375. The average Bonchev–Trinajstić information content (AvgIpc) is 3.34. The average molecular weight is 532 g/mol. The molecule has 9 heteroatoms. The van der Waals surface area contributed by atoms with Crippen LogP contribution in [-0.4, -0.2) is 29.7 Å². The molecule has 0 aliphatic carbocycles. The first kappa shape index (κ1) is 22.6. The van der Waals surface area contributed by atoms with Crippen LogP contribution in [0.1, 0.15) is 17.7 Å². The molecule has 0 saturated carbocycles. The number of nitrogens with one attached hydrogen (secondary N) is 2. The Kier molecular flexibility index (Phi) is 9.20. The zero-order valence-corrected chi connectivity index (χ0v) is 19.6. The molecular formula is C19H23ClIN5OS. The fraction of sp³-hybridized carbons (Fsp3) is 0.316. The van der Waals surface area contributed by atoms with Crippen LogP contribution in [0.4, 0.5) is 0 Å². The fourth-order valence-electron chi connectivity index (χ4n) is 2.57. The Hall–Kier alpha value is -1.65. The molecule has 2 N–H and O–H groups in total. The Labute approximate surface area is 190 Å². The summed E-state index contributed by atoms with van der Waals surface area (Å²) in [7, 11) is 1.74. The van der Waals surface area contributed by atoms with Gasteiger partial charge in [0, 0.05) is 29.1 Å². The van der Waals surface area contributed by atoms with Gasteiger partial charge in [0.25, 0.3) is 0 Å². The number of nitrogens with zero attached hydrogens (tertiary/aromatic N) is 3. The van der Waals surface area contributed by atoms with Crippen molar-refractivity contribution in [2.75, 3.05) is 13.6 Å². The summed E-state index contributed by atoms with van der Waals surface area (Å²) in [5, 5.41) is 13.3. The molecule has 0 bridgehead atoms. The Bertz CT molecular complexity index is 884. The van der Waals surface area contributed by atoms with E-state index in [0.29, 0.717) is 35.2 Å². The number of halogens is 2. The molecule has 2 heterocycles. The summed E-state index contributed by atoms with van der Waals surface area (Å²) in [6, 6.07) is 11.6. The summed E-state index contributed by atoms with van der Waals surface area (Å²) in [6.07, 6.45) is 1.05. The first-order valence-electron chi connectivity index (χ1n) is 8.69. The third-order valence-electron chi connectivity index (χ3n) is 3.93. The first-order valence-corrected chi connectivity index (χ1v) is 9.95. The van der Waals surface area contributed by atoms with E-state index in [9.17, 15) is 0 Å². The molecule has 3 aromatic rings. The van der Waals surface area contributed by atoms with Crippen molar-refractivity contribution in [1.29, 1.82) is 0 Å². The van der Waals surface area contributed by atoms with E-state index in [-0.39, 0.29) is 24.0 Å². The molecule has 3 rings (SSSR count). The van der Waals surface area contributed by atoms with E-state index < -0.39 is 0 Å². The van der Waals surface area contributed by atoms with Gasteiger partial charge in [-0.05, 0) is 35.9 Å². The Morgan fingerprint density at radius 1 is 1.29 bits per heavy atom. The number of rotatable bonds is 7. The van der Waals surface area contributed by atoms with Crippen LogP contribution >= 0.6 is 46.9 Å². The van der Waals surface area contributed by atoms with Crippen LogP contribution in [0.25, 0.3) is 11.4 Å². The van der Waals surface area contributed by atoms with Crippen molar-refractivity contribution < 1.29 is 4.52 Å². The minimum Gasteiger partial charge on any atom is -0.356 e. The van der Waals surface area contributed by atoms with Crippen LogP contribution in [0.15, 0.2) is 51.3 Å². The SMILES string of the molecule is CN=C(NCc1nc(-c2cccc(Cl)c2)no1)NCC(C)Cc1cccs1.I. The molecule has 2 aromatic heterocycles. The highest BCUT2D eigenvalue weighted by atomic mass is 127. The Morgan fingerprint density at radius 3 is 2.86 bits per heavy atom. The lowest BCUT2D eigenvalue weighted by Gasteiger charge is -2.14. The second-order valence-corrected chi connectivity index (χ2v) is 7.69. The van der Waals surface area contributed by atoms with Crippen LogP contribution < -0.4 is 10.6 Å². The molecular weight excluding hydrogens is 509 g/mol. The molecule has 0 spiro atoms. The smallest absolute Gasteiger partial charge is 0.246 e. The van der Waals surface area contributed by atoms with Gasteiger partial charge in [-0.2, -0.15) is 4.98 Å². The van der Waals surface area contributed by atoms with Crippen LogP contribution in [0, 0.1) is 5.92 Å². The highest BCUT2D eigenvalue weighted by Crippen LogP contribution is 2.19. The van der Waals surface area contributed by atoms with E-state index in [1.807, 2.05) is 18.2 Å². The van der Waals surface area contributed by atoms with E-state index in [1.165, 1.54) is 4.88 Å². The molecule has 0 saturated heterocycles. The minimum atomic E-state index is 0. The maximum atomic E-state index is 6.01. The van der Waals surface area contributed by atoms with Crippen molar-refractivity contribution in [3.63, 3.8) is 0 Å². The lowest BCUT2D eigenvalue weighted by atomic mass is 10.1. The molecule has 6 nitrogen and oxygen atoms in total. The third kappa shape index (κ3) is 6.75. The largest absolute Gasteiger partial charge is 0.356 e. The molecule has 1 atom stereocenters. The molecule has 0 amide bonds. The molecule has 0 aliphatic rings. The number of aromatic nitrogens is 2. The number of hydrogen-bond acceptors (Lipinski definition) is 5. The van der Waals surface area contributed by atoms with E-state index in [0.717, 1.165) is 18.5 Å². The summed E-state index contributed by atoms with van der Waals surface area (Å²) in [5.74, 6) is 2.21. The Balaban J connectivity index is 0.00000280. The molecule has 0 fully saturated rings. The van der Waals surface area contributed by atoms with Gasteiger partial charge < -0.3 is 15.2 Å². The normalized spacial score (nSPS) is 12.3. The van der Waals surface area contributed by atoms with Crippen molar-refractivity contribution >= 4 is 52.9 Å². The number of thiophene rings is 1. The van der Waals surface area contributed by atoms with Gasteiger partial charge >= 0.3 is 0 Å². The molecule has 28 heavy (non-hydrogen) atoms. The summed E-state index contributed by atoms with van der Waals surface area (Å²) in [4.78, 5) is 10.0. The fourth-order valence-corrected chi connectivity index (χ4v) is 3.63. The van der Waals surface area contributed by atoms with Gasteiger partial charge in [-0.25, -0.2) is 0 Å². The number of guanidine groups is 1. The number of hydrogen-bond donors (Lipinski definition) is 2. The van der Waals surface area contributed by atoms with E-state index in [2.05, 4.69) is 50.2 Å². The molecule has 1 unspecified atom stereocenters. The van der Waals surface area contributed by atoms with Gasteiger partial charge in [0.05, 0.1) is 6.54 Å². The van der Waals surface area contributed by atoms with Crippen molar-refractivity contribution in [2.24, 2.45) is 10.9 Å². The second-order valence-electron chi connectivity index (χ2n) is 6.22. The predicted octanol–water partition coefficient (Wildman–Crippen LogP) is 4.61. The molecule has 150 valence electrons. The highest BCUT2D eigenvalue weighted by Gasteiger charge is 2.10. The quantitative estimate of drug-likeness (QED) is 0.264. The standard InChI is InChI=1S/C19H22ClN5OS.HI/c1-13(9-16-7-4-8-27-16)11-22-19(21-2)23-12-17-24-18(25-26-17)14-5-3-6-15(20)10-14;/h3-8,10,13H,9,11-12H2,1-2H3,(H2,21,22,23);1H. The van der Waals surface area contributed by atoms with Crippen molar-refractivity contribution in [3.8, 4) is 11.4 Å². The molecule has 0 radical (unpaired) electrons. The maximum Gasteiger partial charge on any atom is 0.246 e. The van der Waals surface area contributed by atoms with E-state index in [4.69, 9.17) is 16.1 Å². The maximum absolute atomic E-state index is 6.01. The van der Waals surface area contributed by atoms with E-state index in [1.54, 1.807) is 24.5 Å². The highest BCUT2D eigenvalue weighted by molar-refractivity contribution is 14.0. The van der Waals surface area contributed by atoms with Crippen molar-refractivity contribution in [2.45, 2.75) is 19.9 Å². The third-order valence-corrected chi connectivity index (χ3v) is 5.06. The summed E-state index contributed by atoms with van der Waals surface area (Å²) < 4.78 is 5.30. The monoisotopic (exact) mass is 531 g/mol. The molecule has 1 aromatic carbocycles.